The quantitative estimate of drug-likeness (QED) is 0.753. The summed E-state index contributed by atoms with van der Waals surface area (Å²) >= 11 is 0. The minimum atomic E-state index is -0.489. The highest BCUT2D eigenvalue weighted by molar-refractivity contribution is 5.87. The van der Waals surface area contributed by atoms with Crippen LogP contribution in [0.2, 0.25) is 0 Å². The molecule has 1 saturated heterocycles. The number of oxazole rings is 1. The number of β-amino-alcohol motifs (C(OH)–C–C–N with tert-alkyl or cyclic N) is 1. The van der Waals surface area contributed by atoms with Crippen molar-refractivity contribution >= 4 is 12.0 Å². The van der Waals surface area contributed by atoms with Gasteiger partial charge in [-0.15, -0.1) is 0 Å². The topological polar surface area (TPSA) is 75.8 Å². The molecule has 0 bridgehead atoms. The number of aliphatic hydroxyl groups excluding tert-OH is 1. The van der Waals surface area contributed by atoms with E-state index in [1.807, 2.05) is 0 Å². The predicted molar refractivity (Wildman–Crippen MR) is 55.3 cm³/mol. The zero-order chi connectivity index (χ0) is 11.5. The van der Waals surface area contributed by atoms with E-state index < -0.39 is 5.97 Å². The van der Waals surface area contributed by atoms with E-state index in [9.17, 15) is 9.90 Å². The number of nitrogens with zero attached hydrogens (tertiary/aromatic N) is 2. The monoisotopic (exact) mass is 226 g/mol. The lowest BCUT2D eigenvalue weighted by Gasteiger charge is -2.10. The molecule has 0 spiro atoms. The second kappa shape index (κ2) is 4.52. The van der Waals surface area contributed by atoms with E-state index in [-0.39, 0.29) is 11.8 Å². The number of hydrogen-bond donors (Lipinski definition) is 1. The Bertz CT molecular complexity index is 377. The van der Waals surface area contributed by atoms with Crippen molar-refractivity contribution < 1.29 is 19.1 Å². The van der Waals surface area contributed by atoms with E-state index in [4.69, 9.17) is 9.15 Å². The van der Waals surface area contributed by atoms with Crippen LogP contribution < -0.4 is 4.90 Å². The summed E-state index contributed by atoms with van der Waals surface area (Å²) in [6.07, 6.45) is 1.62. The molecule has 88 valence electrons. The highest BCUT2D eigenvalue weighted by atomic mass is 16.5. The molecule has 1 fully saturated rings. The molecule has 1 N–H and O–H groups in total. The van der Waals surface area contributed by atoms with Crippen molar-refractivity contribution in [2.45, 2.75) is 19.4 Å². The summed E-state index contributed by atoms with van der Waals surface area (Å²) in [7, 11) is 0. The van der Waals surface area contributed by atoms with Gasteiger partial charge in [-0.3, -0.25) is 0 Å². The maximum absolute atomic E-state index is 11.3. The number of aliphatic hydroxyl groups is 1. The van der Waals surface area contributed by atoms with Crippen LogP contribution in [-0.2, 0) is 4.74 Å². The van der Waals surface area contributed by atoms with Crippen molar-refractivity contribution in [2.24, 2.45) is 0 Å². The van der Waals surface area contributed by atoms with Gasteiger partial charge in [-0.05, 0) is 13.3 Å². The molecule has 0 saturated carbocycles. The molecule has 2 rings (SSSR count). The van der Waals surface area contributed by atoms with Crippen LogP contribution in [0.5, 0.6) is 0 Å². The van der Waals surface area contributed by atoms with E-state index in [0.29, 0.717) is 32.1 Å². The summed E-state index contributed by atoms with van der Waals surface area (Å²) in [5.41, 5.74) is 0.165. The van der Waals surface area contributed by atoms with E-state index in [1.165, 1.54) is 6.26 Å². The molecule has 2 heterocycles. The highest BCUT2D eigenvalue weighted by Crippen LogP contribution is 2.19. The number of hydrogen-bond acceptors (Lipinski definition) is 6. The van der Waals surface area contributed by atoms with Gasteiger partial charge in [0.25, 0.3) is 6.01 Å². The Morgan fingerprint density at radius 3 is 3.25 bits per heavy atom. The minimum Gasteiger partial charge on any atom is -0.461 e. The minimum absolute atomic E-state index is 0.165. The summed E-state index contributed by atoms with van der Waals surface area (Å²) in [6, 6.07) is 0.361. The summed E-state index contributed by atoms with van der Waals surface area (Å²) in [4.78, 5) is 17.1. The van der Waals surface area contributed by atoms with Gasteiger partial charge >= 0.3 is 5.97 Å². The third kappa shape index (κ3) is 2.16. The number of rotatable bonds is 3. The van der Waals surface area contributed by atoms with E-state index in [0.717, 1.165) is 0 Å². The van der Waals surface area contributed by atoms with Gasteiger partial charge in [0.05, 0.1) is 12.7 Å². The fraction of sp³-hybridized carbons (Fsp3) is 0.600. The van der Waals surface area contributed by atoms with Crippen LogP contribution in [-0.4, -0.2) is 41.9 Å². The van der Waals surface area contributed by atoms with Gasteiger partial charge in [-0.25, -0.2) is 4.79 Å². The van der Waals surface area contributed by atoms with Crippen LogP contribution in [0.4, 0.5) is 6.01 Å². The summed E-state index contributed by atoms with van der Waals surface area (Å²) in [5.74, 6) is -0.489. The van der Waals surface area contributed by atoms with E-state index in [2.05, 4.69) is 4.98 Å². The van der Waals surface area contributed by atoms with Gasteiger partial charge in [-0.1, -0.05) is 0 Å². The van der Waals surface area contributed by atoms with Gasteiger partial charge in [-0.2, -0.15) is 4.98 Å². The number of carbonyl (C=O) groups excluding carboxylic acids is 1. The molecule has 6 heteroatoms. The molecule has 6 nitrogen and oxygen atoms in total. The number of aromatic nitrogens is 1. The van der Waals surface area contributed by atoms with Crippen molar-refractivity contribution in [3.63, 3.8) is 0 Å². The highest BCUT2D eigenvalue weighted by Gasteiger charge is 2.25. The molecule has 0 aliphatic carbocycles. The SMILES string of the molecule is CCOC(=O)c1coc(N2CC[C@H](O)C2)n1. The Hall–Kier alpha value is -1.56. The first-order valence-corrected chi connectivity index (χ1v) is 5.26. The van der Waals surface area contributed by atoms with Crippen molar-refractivity contribution in [1.82, 2.24) is 4.98 Å². The van der Waals surface area contributed by atoms with E-state index in [1.54, 1.807) is 11.8 Å². The maximum atomic E-state index is 11.3. The molecule has 1 aliphatic rings. The molecular formula is C10H14N2O4. The van der Waals surface area contributed by atoms with Crippen molar-refractivity contribution in [3.8, 4) is 0 Å². The normalized spacial score (nSPS) is 20.1. The van der Waals surface area contributed by atoms with E-state index >= 15 is 0 Å². The fourth-order valence-electron chi connectivity index (χ4n) is 1.62. The van der Waals surface area contributed by atoms with Crippen molar-refractivity contribution in [2.75, 3.05) is 24.6 Å². The zero-order valence-electron chi connectivity index (χ0n) is 9.05. The average Bonchev–Trinajstić information content (AvgIpc) is 2.85. The fourth-order valence-corrected chi connectivity index (χ4v) is 1.62. The number of carbonyl (C=O) groups is 1. The van der Waals surface area contributed by atoms with Crippen LogP contribution >= 0.6 is 0 Å². The smallest absolute Gasteiger partial charge is 0.360 e. The molecule has 1 atom stereocenters. The summed E-state index contributed by atoms with van der Waals surface area (Å²) in [5, 5.41) is 9.36. The lowest BCUT2D eigenvalue weighted by molar-refractivity contribution is 0.0519. The Morgan fingerprint density at radius 1 is 1.81 bits per heavy atom. The molecule has 0 aromatic carbocycles. The van der Waals surface area contributed by atoms with Crippen molar-refractivity contribution in [1.29, 1.82) is 0 Å². The molecule has 0 amide bonds. The van der Waals surface area contributed by atoms with Gasteiger partial charge in [0.1, 0.15) is 6.26 Å². The predicted octanol–water partition coefficient (Wildman–Crippen LogP) is 0.422. The lowest BCUT2D eigenvalue weighted by atomic mass is 10.3. The average molecular weight is 226 g/mol. The van der Waals surface area contributed by atoms with Crippen LogP contribution in [0.3, 0.4) is 0 Å². The second-order valence-electron chi connectivity index (χ2n) is 3.62. The van der Waals surface area contributed by atoms with Gasteiger partial charge < -0.3 is 19.2 Å². The van der Waals surface area contributed by atoms with Gasteiger partial charge in [0.15, 0.2) is 5.69 Å². The Labute approximate surface area is 92.8 Å². The standard InChI is InChI=1S/C10H14N2O4/c1-2-15-9(14)8-6-16-10(11-8)12-4-3-7(13)5-12/h6-7,13H,2-5H2,1H3/t7-/m0/s1. The molecule has 0 radical (unpaired) electrons. The molecule has 0 unspecified atom stereocenters. The summed E-state index contributed by atoms with van der Waals surface area (Å²) in [6.45, 7) is 3.21. The molecule has 1 aromatic rings. The Morgan fingerprint density at radius 2 is 2.62 bits per heavy atom. The van der Waals surface area contributed by atoms with Gasteiger partial charge in [0, 0.05) is 13.1 Å². The third-order valence-electron chi connectivity index (χ3n) is 2.41. The first-order valence-electron chi connectivity index (χ1n) is 5.26. The third-order valence-corrected chi connectivity index (χ3v) is 2.41. The number of ether oxygens (including phenoxy) is 1. The van der Waals surface area contributed by atoms with Crippen LogP contribution in [0.1, 0.15) is 23.8 Å². The molecular weight excluding hydrogens is 212 g/mol. The second-order valence-corrected chi connectivity index (χ2v) is 3.62. The lowest BCUT2D eigenvalue weighted by Crippen LogP contribution is -2.21. The van der Waals surface area contributed by atoms with Crippen LogP contribution in [0.25, 0.3) is 0 Å². The molecule has 1 aromatic heterocycles. The molecule has 1 aliphatic heterocycles. The first kappa shape index (κ1) is 10.9. The first-order chi connectivity index (χ1) is 7.70. The van der Waals surface area contributed by atoms with Crippen LogP contribution in [0, 0.1) is 0 Å². The van der Waals surface area contributed by atoms with Gasteiger partial charge in [0.2, 0.25) is 0 Å². The Balaban J connectivity index is 2.04. The largest absolute Gasteiger partial charge is 0.461 e. The maximum Gasteiger partial charge on any atom is 0.360 e. The molecule has 16 heavy (non-hydrogen) atoms. The van der Waals surface area contributed by atoms with Crippen LogP contribution in [0.15, 0.2) is 10.7 Å². The zero-order valence-corrected chi connectivity index (χ0v) is 9.05. The van der Waals surface area contributed by atoms with Crippen molar-refractivity contribution in [3.05, 3.63) is 12.0 Å². The Kier molecular flexibility index (Phi) is 3.09. The summed E-state index contributed by atoms with van der Waals surface area (Å²) < 4.78 is 9.96. The number of esters is 1. The number of anilines is 1.